The van der Waals surface area contributed by atoms with Crippen LogP contribution in [0.2, 0.25) is 0 Å². The summed E-state index contributed by atoms with van der Waals surface area (Å²) in [4.78, 5) is 22.4. The first-order chi connectivity index (χ1) is 9.13. The summed E-state index contributed by atoms with van der Waals surface area (Å²) in [5.41, 5.74) is 0. The SMILES string of the molecule is COC(=O)c1ccc(Sc2ccc(C(=O)OC)o2)o1. The van der Waals surface area contributed by atoms with E-state index in [0.29, 0.717) is 10.2 Å². The molecule has 0 spiro atoms. The summed E-state index contributed by atoms with van der Waals surface area (Å²) in [5.74, 6) is -0.905. The maximum Gasteiger partial charge on any atom is 0.374 e. The van der Waals surface area contributed by atoms with Gasteiger partial charge in [-0.3, -0.25) is 0 Å². The van der Waals surface area contributed by atoms with E-state index in [2.05, 4.69) is 9.47 Å². The van der Waals surface area contributed by atoms with E-state index in [1.165, 1.54) is 26.4 Å². The molecule has 19 heavy (non-hydrogen) atoms. The second-order valence-corrected chi connectivity index (χ2v) is 4.33. The summed E-state index contributed by atoms with van der Waals surface area (Å²) < 4.78 is 19.5. The maximum absolute atomic E-state index is 11.2. The molecule has 2 rings (SSSR count). The zero-order valence-corrected chi connectivity index (χ0v) is 11.0. The van der Waals surface area contributed by atoms with E-state index in [9.17, 15) is 9.59 Å². The Balaban J connectivity index is 2.09. The molecule has 0 radical (unpaired) electrons. The van der Waals surface area contributed by atoms with Crippen molar-refractivity contribution >= 4 is 23.7 Å². The number of esters is 2. The van der Waals surface area contributed by atoms with Crippen LogP contribution in [0.3, 0.4) is 0 Å². The predicted octanol–water partition coefficient (Wildman–Crippen LogP) is 2.60. The first-order valence-corrected chi connectivity index (χ1v) is 6.00. The van der Waals surface area contributed by atoms with E-state index in [4.69, 9.17) is 8.83 Å². The summed E-state index contributed by atoms with van der Waals surface area (Å²) in [5, 5.41) is 0.900. The molecule has 0 saturated carbocycles. The fourth-order valence-electron chi connectivity index (χ4n) is 1.27. The molecule has 2 heterocycles. The van der Waals surface area contributed by atoms with E-state index >= 15 is 0 Å². The first kappa shape index (κ1) is 13.3. The molecule has 0 bridgehead atoms. The van der Waals surface area contributed by atoms with Gasteiger partial charge in [-0.1, -0.05) is 0 Å². The van der Waals surface area contributed by atoms with E-state index in [-0.39, 0.29) is 11.5 Å². The number of carbonyl (C=O) groups excluding carboxylic acids is 2. The highest BCUT2D eigenvalue weighted by Crippen LogP contribution is 2.30. The molecule has 0 aromatic carbocycles. The van der Waals surface area contributed by atoms with Crippen molar-refractivity contribution in [1.82, 2.24) is 0 Å². The zero-order valence-electron chi connectivity index (χ0n) is 10.2. The van der Waals surface area contributed by atoms with Gasteiger partial charge < -0.3 is 18.3 Å². The summed E-state index contributed by atoms with van der Waals surface area (Å²) in [7, 11) is 2.54. The second-order valence-electron chi connectivity index (χ2n) is 3.32. The minimum absolute atomic E-state index is 0.102. The summed E-state index contributed by atoms with van der Waals surface area (Å²) in [6, 6.07) is 6.21. The average molecular weight is 282 g/mol. The molecule has 100 valence electrons. The molecule has 0 aliphatic carbocycles. The number of hydrogen-bond acceptors (Lipinski definition) is 7. The largest absolute Gasteiger partial charge is 0.463 e. The predicted molar refractivity (Wildman–Crippen MR) is 64.2 cm³/mol. The molecule has 0 fully saturated rings. The van der Waals surface area contributed by atoms with Gasteiger partial charge in [0.25, 0.3) is 0 Å². The Labute approximate surface area is 112 Å². The summed E-state index contributed by atoms with van der Waals surface area (Å²) >= 11 is 1.14. The van der Waals surface area contributed by atoms with Crippen LogP contribution < -0.4 is 0 Å². The van der Waals surface area contributed by atoms with Crippen molar-refractivity contribution in [3.8, 4) is 0 Å². The van der Waals surface area contributed by atoms with Gasteiger partial charge in [-0.2, -0.15) is 0 Å². The lowest BCUT2D eigenvalue weighted by Gasteiger charge is -1.95. The molecule has 0 aliphatic heterocycles. The van der Waals surface area contributed by atoms with Crippen molar-refractivity contribution in [3.05, 3.63) is 35.8 Å². The Kier molecular flexibility index (Phi) is 3.96. The molecule has 2 aromatic heterocycles. The molecule has 0 aliphatic rings. The number of carbonyl (C=O) groups is 2. The van der Waals surface area contributed by atoms with Gasteiger partial charge >= 0.3 is 11.9 Å². The number of rotatable bonds is 4. The standard InChI is InChI=1S/C12H10O6S/c1-15-11(13)7-3-5-9(17-7)19-10-6-4-8(18-10)12(14)16-2/h3-6H,1-2H3. The van der Waals surface area contributed by atoms with Crippen LogP contribution in [0.25, 0.3) is 0 Å². The molecular weight excluding hydrogens is 272 g/mol. The van der Waals surface area contributed by atoms with Crippen molar-refractivity contribution in [2.45, 2.75) is 10.2 Å². The first-order valence-electron chi connectivity index (χ1n) is 5.18. The van der Waals surface area contributed by atoms with Gasteiger partial charge in [0.1, 0.15) is 0 Å². The van der Waals surface area contributed by atoms with Crippen molar-refractivity contribution in [3.63, 3.8) is 0 Å². The third kappa shape index (κ3) is 3.00. The van der Waals surface area contributed by atoms with Crippen molar-refractivity contribution in [2.75, 3.05) is 14.2 Å². The Bertz CT molecular complexity index is 545. The molecule has 0 saturated heterocycles. The smallest absolute Gasteiger partial charge is 0.374 e. The normalized spacial score (nSPS) is 10.2. The van der Waals surface area contributed by atoms with E-state index in [1.54, 1.807) is 12.1 Å². The highest BCUT2D eigenvalue weighted by Gasteiger charge is 2.15. The number of methoxy groups -OCH3 is 2. The van der Waals surface area contributed by atoms with Crippen LogP contribution in [0.15, 0.2) is 43.3 Å². The molecular formula is C12H10O6S. The summed E-state index contributed by atoms with van der Waals surface area (Å²) in [6.45, 7) is 0. The lowest BCUT2D eigenvalue weighted by Crippen LogP contribution is -1.98. The molecule has 2 aromatic rings. The highest BCUT2D eigenvalue weighted by atomic mass is 32.2. The van der Waals surface area contributed by atoms with E-state index < -0.39 is 11.9 Å². The van der Waals surface area contributed by atoms with Crippen LogP contribution in [0.1, 0.15) is 21.1 Å². The quantitative estimate of drug-likeness (QED) is 0.797. The molecule has 6 nitrogen and oxygen atoms in total. The van der Waals surface area contributed by atoms with Crippen molar-refractivity contribution < 1.29 is 27.9 Å². The van der Waals surface area contributed by atoms with Gasteiger partial charge in [0.15, 0.2) is 10.2 Å². The lowest BCUT2D eigenvalue weighted by atomic mass is 10.5. The minimum Gasteiger partial charge on any atom is -0.463 e. The monoisotopic (exact) mass is 282 g/mol. The van der Waals surface area contributed by atoms with Gasteiger partial charge in [-0.15, -0.1) is 0 Å². The van der Waals surface area contributed by atoms with Crippen LogP contribution in [-0.2, 0) is 9.47 Å². The van der Waals surface area contributed by atoms with Crippen molar-refractivity contribution in [1.29, 1.82) is 0 Å². The molecule has 7 heteroatoms. The van der Waals surface area contributed by atoms with Gasteiger partial charge in [-0.25, -0.2) is 9.59 Å². The lowest BCUT2D eigenvalue weighted by molar-refractivity contribution is 0.0552. The Hall–Kier alpha value is -2.15. The van der Waals surface area contributed by atoms with Gasteiger partial charge in [-0.05, 0) is 36.0 Å². The van der Waals surface area contributed by atoms with Gasteiger partial charge in [0, 0.05) is 0 Å². The molecule has 0 atom stereocenters. The maximum atomic E-state index is 11.2. The van der Waals surface area contributed by atoms with Gasteiger partial charge in [0.05, 0.1) is 14.2 Å². The Morgan fingerprint density at radius 2 is 1.32 bits per heavy atom. The average Bonchev–Trinajstić information content (AvgIpc) is 3.07. The number of hydrogen-bond donors (Lipinski definition) is 0. The Morgan fingerprint density at radius 3 is 1.68 bits per heavy atom. The van der Waals surface area contributed by atoms with Crippen LogP contribution in [0.4, 0.5) is 0 Å². The topological polar surface area (TPSA) is 78.9 Å². The summed E-state index contributed by atoms with van der Waals surface area (Å²) in [6.07, 6.45) is 0. The third-order valence-electron chi connectivity index (χ3n) is 2.14. The minimum atomic E-state index is -0.554. The molecule has 0 N–H and O–H groups in total. The third-order valence-corrected chi connectivity index (χ3v) is 2.98. The fourth-order valence-corrected chi connectivity index (χ4v) is 2.00. The number of ether oxygens (including phenoxy) is 2. The fraction of sp³-hybridized carbons (Fsp3) is 0.167. The van der Waals surface area contributed by atoms with E-state index in [1.807, 2.05) is 0 Å². The van der Waals surface area contributed by atoms with Crippen LogP contribution in [0, 0.1) is 0 Å². The molecule has 0 unspecified atom stereocenters. The van der Waals surface area contributed by atoms with Crippen LogP contribution >= 0.6 is 11.8 Å². The van der Waals surface area contributed by atoms with Gasteiger partial charge in [0.2, 0.25) is 11.5 Å². The molecule has 0 amide bonds. The van der Waals surface area contributed by atoms with Crippen molar-refractivity contribution in [2.24, 2.45) is 0 Å². The van der Waals surface area contributed by atoms with Crippen LogP contribution in [0.5, 0.6) is 0 Å². The zero-order chi connectivity index (χ0) is 13.8. The Morgan fingerprint density at radius 1 is 0.895 bits per heavy atom. The second kappa shape index (κ2) is 5.66. The van der Waals surface area contributed by atoms with Crippen LogP contribution in [-0.4, -0.2) is 26.2 Å². The highest BCUT2D eigenvalue weighted by molar-refractivity contribution is 7.99. The van der Waals surface area contributed by atoms with E-state index in [0.717, 1.165) is 11.8 Å². The number of furan rings is 2.